The third-order valence-electron chi connectivity index (χ3n) is 3.01. The molecule has 0 radical (unpaired) electrons. The number of phenols is 2. The van der Waals surface area contributed by atoms with Crippen LogP contribution in [0.2, 0.25) is 0 Å². The maximum absolute atomic E-state index is 10.8. The zero-order valence-electron chi connectivity index (χ0n) is 10.9. The van der Waals surface area contributed by atoms with Crippen LogP contribution in [0.25, 0.3) is 0 Å². The molecule has 0 amide bonds. The highest BCUT2D eigenvalue weighted by atomic mass is 16.4. The summed E-state index contributed by atoms with van der Waals surface area (Å²) in [6.07, 6.45) is 0. The predicted octanol–water partition coefficient (Wildman–Crippen LogP) is 2.97. The fraction of sp³-hybridized carbons (Fsp3) is 0.133. The molecule has 104 valence electrons. The van der Waals surface area contributed by atoms with Crippen molar-refractivity contribution in [3.05, 3.63) is 53.6 Å². The van der Waals surface area contributed by atoms with Crippen LogP contribution in [0.1, 0.15) is 28.9 Å². The topological polar surface area (TPSA) is 89.8 Å². The molecule has 0 aromatic heterocycles. The minimum Gasteiger partial charge on any atom is -0.507 e. The first-order chi connectivity index (χ1) is 9.49. The van der Waals surface area contributed by atoms with Gasteiger partial charge in [-0.05, 0) is 43.3 Å². The molecule has 4 N–H and O–H groups in total. The number of anilines is 1. The van der Waals surface area contributed by atoms with Gasteiger partial charge in [0.25, 0.3) is 0 Å². The first kappa shape index (κ1) is 13.7. The number of carboxylic acid groups (broad SMARTS) is 1. The number of aromatic hydroxyl groups is 2. The number of hydrogen-bond acceptors (Lipinski definition) is 4. The van der Waals surface area contributed by atoms with Gasteiger partial charge in [-0.3, -0.25) is 0 Å². The lowest BCUT2D eigenvalue weighted by atomic mass is 10.1. The van der Waals surface area contributed by atoms with Crippen molar-refractivity contribution in [1.82, 2.24) is 0 Å². The van der Waals surface area contributed by atoms with E-state index in [0.29, 0.717) is 11.3 Å². The van der Waals surface area contributed by atoms with E-state index in [1.165, 1.54) is 24.3 Å². The van der Waals surface area contributed by atoms with Gasteiger partial charge < -0.3 is 20.6 Å². The summed E-state index contributed by atoms with van der Waals surface area (Å²) in [5.41, 5.74) is 1.30. The lowest BCUT2D eigenvalue weighted by Crippen LogP contribution is -2.07. The summed E-state index contributed by atoms with van der Waals surface area (Å²) in [6, 6.07) is 10.5. The molecule has 0 bridgehead atoms. The number of aromatic carboxylic acids is 1. The average Bonchev–Trinajstić information content (AvgIpc) is 2.39. The standard InChI is InChI=1S/C15H15NO4/c1-9(14-12(17)3-2-4-13(14)18)16-11-7-5-10(6-8-11)15(19)20/h2-9,16-18H,1H3,(H,19,20). The van der Waals surface area contributed by atoms with Crippen LogP contribution >= 0.6 is 0 Å². The van der Waals surface area contributed by atoms with E-state index in [1.807, 2.05) is 0 Å². The molecule has 5 heteroatoms. The van der Waals surface area contributed by atoms with Crippen LogP contribution in [-0.4, -0.2) is 21.3 Å². The predicted molar refractivity (Wildman–Crippen MR) is 75.2 cm³/mol. The molecule has 2 rings (SSSR count). The Morgan fingerprint density at radius 1 is 1.05 bits per heavy atom. The fourth-order valence-corrected chi connectivity index (χ4v) is 2.02. The van der Waals surface area contributed by atoms with Crippen LogP contribution in [-0.2, 0) is 0 Å². The maximum Gasteiger partial charge on any atom is 0.335 e. The SMILES string of the molecule is CC(Nc1ccc(C(=O)O)cc1)c1c(O)cccc1O. The van der Waals surface area contributed by atoms with E-state index >= 15 is 0 Å². The fourth-order valence-electron chi connectivity index (χ4n) is 2.02. The van der Waals surface area contributed by atoms with Crippen molar-refractivity contribution < 1.29 is 20.1 Å². The molecule has 0 heterocycles. The molecule has 0 aliphatic heterocycles. The third-order valence-corrected chi connectivity index (χ3v) is 3.01. The van der Waals surface area contributed by atoms with Crippen molar-refractivity contribution in [3.63, 3.8) is 0 Å². The minimum atomic E-state index is -0.983. The Hall–Kier alpha value is -2.69. The van der Waals surface area contributed by atoms with Gasteiger partial charge in [0.1, 0.15) is 11.5 Å². The molecule has 0 saturated heterocycles. The Labute approximate surface area is 116 Å². The highest BCUT2D eigenvalue weighted by Crippen LogP contribution is 2.34. The quantitative estimate of drug-likeness (QED) is 0.687. The Balaban J connectivity index is 2.19. The molecule has 2 aromatic rings. The maximum atomic E-state index is 10.8. The zero-order valence-corrected chi connectivity index (χ0v) is 10.9. The Bertz CT molecular complexity index is 602. The number of hydrogen-bond donors (Lipinski definition) is 4. The molecule has 0 aliphatic carbocycles. The molecule has 1 unspecified atom stereocenters. The summed E-state index contributed by atoms with van der Waals surface area (Å²) in [6.45, 7) is 1.79. The first-order valence-corrected chi connectivity index (χ1v) is 6.10. The molecular formula is C15H15NO4. The van der Waals surface area contributed by atoms with Gasteiger partial charge in [0.05, 0.1) is 17.2 Å². The highest BCUT2D eigenvalue weighted by Gasteiger charge is 2.14. The van der Waals surface area contributed by atoms with E-state index in [9.17, 15) is 15.0 Å². The monoisotopic (exact) mass is 273 g/mol. The Kier molecular flexibility index (Phi) is 3.79. The molecular weight excluding hydrogens is 258 g/mol. The minimum absolute atomic E-state index is 0.00663. The molecule has 5 nitrogen and oxygen atoms in total. The lowest BCUT2D eigenvalue weighted by Gasteiger charge is -2.18. The van der Waals surface area contributed by atoms with Crippen molar-refractivity contribution in [2.45, 2.75) is 13.0 Å². The summed E-state index contributed by atoms with van der Waals surface area (Å²) >= 11 is 0. The van der Waals surface area contributed by atoms with Crippen LogP contribution in [0.4, 0.5) is 5.69 Å². The summed E-state index contributed by atoms with van der Waals surface area (Å²) in [4.78, 5) is 10.8. The summed E-state index contributed by atoms with van der Waals surface area (Å²) < 4.78 is 0. The van der Waals surface area contributed by atoms with E-state index in [-0.39, 0.29) is 23.1 Å². The van der Waals surface area contributed by atoms with Crippen LogP contribution in [0, 0.1) is 0 Å². The summed E-state index contributed by atoms with van der Waals surface area (Å²) in [7, 11) is 0. The van der Waals surface area contributed by atoms with Crippen molar-refractivity contribution in [3.8, 4) is 11.5 Å². The summed E-state index contributed by atoms with van der Waals surface area (Å²) in [5.74, 6) is -0.970. The first-order valence-electron chi connectivity index (χ1n) is 6.10. The van der Waals surface area contributed by atoms with Gasteiger partial charge >= 0.3 is 5.97 Å². The van der Waals surface area contributed by atoms with Gasteiger partial charge in [0.15, 0.2) is 0 Å². The van der Waals surface area contributed by atoms with Crippen LogP contribution in [0.15, 0.2) is 42.5 Å². The normalized spacial score (nSPS) is 11.8. The smallest absolute Gasteiger partial charge is 0.335 e. The Morgan fingerprint density at radius 3 is 2.10 bits per heavy atom. The number of carboxylic acids is 1. The van der Waals surface area contributed by atoms with Crippen LogP contribution in [0.5, 0.6) is 11.5 Å². The molecule has 1 atom stereocenters. The molecule has 0 saturated carbocycles. The Morgan fingerprint density at radius 2 is 1.60 bits per heavy atom. The van der Waals surface area contributed by atoms with Gasteiger partial charge in [-0.2, -0.15) is 0 Å². The molecule has 20 heavy (non-hydrogen) atoms. The molecule has 0 spiro atoms. The molecule has 2 aromatic carbocycles. The third kappa shape index (κ3) is 2.83. The lowest BCUT2D eigenvalue weighted by molar-refractivity contribution is 0.0697. The molecule has 0 aliphatic rings. The van der Waals surface area contributed by atoms with Gasteiger partial charge in [0.2, 0.25) is 0 Å². The number of benzene rings is 2. The second-order valence-corrected chi connectivity index (χ2v) is 4.46. The van der Waals surface area contributed by atoms with E-state index in [0.717, 1.165) is 0 Å². The second-order valence-electron chi connectivity index (χ2n) is 4.46. The number of nitrogens with one attached hydrogen (secondary N) is 1. The second kappa shape index (κ2) is 5.52. The van der Waals surface area contributed by atoms with Gasteiger partial charge in [-0.1, -0.05) is 6.07 Å². The number of phenolic OH excluding ortho intramolecular Hbond substituents is 2. The highest BCUT2D eigenvalue weighted by molar-refractivity contribution is 5.88. The van der Waals surface area contributed by atoms with Crippen LogP contribution < -0.4 is 5.32 Å². The van der Waals surface area contributed by atoms with E-state index in [1.54, 1.807) is 25.1 Å². The average molecular weight is 273 g/mol. The van der Waals surface area contributed by atoms with E-state index in [4.69, 9.17) is 5.11 Å². The van der Waals surface area contributed by atoms with Crippen molar-refractivity contribution in [2.24, 2.45) is 0 Å². The number of carbonyl (C=O) groups is 1. The molecule has 0 fully saturated rings. The van der Waals surface area contributed by atoms with Crippen LogP contribution in [0.3, 0.4) is 0 Å². The van der Waals surface area contributed by atoms with Crippen molar-refractivity contribution in [1.29, 1.82) is 0 Å². The largest absolute Gasteiger partial charge is 0.507 e. The van der Waals surface area contributed by atoms with Crippen molar-refractivity contribution >= 4 is 11.7 Å². The van der Waals surface area contributed by atoms with Crippen molar-refractivity contribution in [2.75, 3.05) is 5.32 Å². The van der Waals surface area contributed by atoms with Gasteiger partial charge in [-0.25, -0.2) is 4.79 Å². The van der Waals surface area contributed by atoms with Gasteiger partial charge in [0, 0.05) is 5.69 Å². The van der Waals surface area contributed by atoms with E-state index in [2.05, 4.69) is 5.32 Å². The van der Waals surface area contributed by atoms with E-state index < -0.39 is 5.97 Å². The van der Waals surface area contributed by atoms with Gasteiger partial charge in [-0.15, -0.1) is 0 Å². The number of rotatable bonds is 4. The zero-order chi connectivity index (χ0) is 14.7. The summed E-state index contributed by atoms with van der Waals surface area (Å²) in [5, 5.41) is 31.5.